The molecule has 0 saturated heterocycles. The van der Waals surface area contributed by atoms with Crippen LogP contribution in [0.3, 0.4) is 0 Å². The van der Waals surface area contributed by atoms with Crippen molar-refractivity contribution in [2.75, 3.05) is 36.5 Å². The second kappa shape index (κ2) is 11.6. The summed E-state index contributed by atoms with van der Waals surface area (Å²) >= 11 is 0. The Hall–Kier alpha value is -4.01. The van der Waals surface area contributed by atoms with Gasteiger partial charge in [0.2, 0.25) is 5.78 Å². The first-order valence-corrected chi connectivity index (χ1v) is 10.7. The van der Waals surface area contributed by atoms with E-state index in [1.54, 1.807) is 18.2 Å². The number of nitrogens with one attached hydrogen (secondary N) is 3. The molecule has 3 rings (SSSR count). The van der Waals surface area contributed by atoms with E-state index in [1.165, 1.54) is 6.08 Å². The van der Waals surface area contributed by atoms with Crippen molar-refractivity contribution in [2.45, 2.75) is 19.5 Å². The number of para-hydroxylation sites is 1. The number of fused-ring (bicyclic) bond motifs is 1. The summed E-state index contributed by atoms with van der Waals surface area (Å²) in [7, 11) is 0. The summed E-state index contributed by atoms with van der Waals surface area (Å²) in [6, 6.07) is 15.0. The van der Waals surface area contributed by atoms with E-state index in [0.29, 0.717) is 18.7 Å². The van der Waals surface area contributed by atoms with Crippen LogP contribution in [0.4, 0.5) is 11.4 Å². The van der Waals surface area contributed by atoms with Gasteiger partial charge in [0, 0.05) is 19.5 Å². The van der Waals surface area contributed by atoms with Crippen LogP contribution in [0.2, 0.25) is 0 Å². The Kier molecular flexibility index (Phi) is 8.29. The molecule has 1 heterocycles. The van der Waals surface area contributed by atoms with Gasteiger partial charge in [-0.05, 0) is 42.8 Å². The molecule has 2 aromatic carbocycles. The minimum Gasteiger partial charge on any atom is -0.484 e. The average molecular weight is 450 g/mol. The van der Waals surface area contributed by atoms with Crippen LogP contribution in [0, 0.1) is 10.3 Å². The molecule has 9 heteroatoms. The Labute approximate surface area is 192 Å². The van der Waals surface area contributed by atoms with Crippen LogP contribution in [0.1, 0.15) is 18.9 Å². The van der Waals surface area contributed by atoms with Crippen LogP contribution >= 0.6 is 0 Å². The zero-order valence-corrected chi connectivity index (χ0v) is 18.4. The summed E-state index contributed by atoms with van der Waals surface area (Å²) in [6.07, 6.45) is 3.60. The lowest BCUT2D eigenvalue weighted by atomic mass is 10.1. The Morgan fingerprint density at radius 2 is 2.03 bits per heavy atom. The molecule has 3 N–H and O–H groups in total. The summed E-state index contributed by atoms with van der Waals surface area (Å²) in [5.41, 5.74) is 2.43. The summed E-state index contributed by atoms with van der Waals surface area (Å²) < 4.78 is 5.46. The number of carbonyl (C=O) groups excluding carboxylic acids is 2. The maximum absolute atomic E-state index is 12.1. The van der Waals surface area contributed by atoms with Gasteiger partial charge in [-0.15, -0.1) is 0 Å². The quantitative estimate of drug-likeness (QED) is 0.260. The smallest absolute Gasteiger partial charge is 0.257 e. The predicted octanol–water partition coefficient (Wildman–Crippen LogP) is 3.22. The summed E-state index contributed by atoms with van der Waals surface area (Å²) in [4.78, 5) is 36.3. The molecule has 172 valence electrons. The summed E-state index contributed by atoms with van der Waals surface area (Å²) in [5.74, 6) is -0.0607. The maximum Gasteiger partial charge on any atom is 0.257 e. The van der Waals surface area contributed by atoms with Crippen molar-refractivity contribution < 1.29 is 14.3 Å². The molecular formula is C24H27N5O4. The van der Waals surface area contributed by atoms with Crippen molar-refractivity contribution in [2.24, 2.45) is 5.18 Å². The minimum absolute atomic E-state index is 0.0213. The van der Waals surface area contributed by atoms with Crippen LogP contribution in [0.15, 0.2) is 59.8 Å². The Morgan fingerprint density at radius 3 is 2.76 bits per heavy atom. The Bertz CT molecular complexity index is 1040. The molecular weight excluding hydrogens is 422 g/mol. The van der Waals surface area contributed by atoms with E-state index in [9.17, 15) is 14.5 Å². The number of anilines is 2. The van der Waals surface area contributed by atoms with E-state index in [4.69, 9.17) is 10.1 Å². The number of hydrogen-bond acceptors (Lipinski definition) is 8. The number of benzene rings is 2. The Morgan fingerprint density at radius 1 is 1.24 bits per heavy atom. The molecule has 0 radical (unpaired) electrons. The monoisotopic (exact) mass is 449 g/mol. The number of allylic oxidation sites excluding steroid dienone is 1. The molecule has 1 aliphatic heterocycles. The van der Waals surface area contributed by atoms with Gasteiger partial charge in [-0.25, -0.2) is 0 Å². The van der Waals surface area contributed by atoms with Crippen LogP contribution < -0.4 is 20.3 Å². The van der Waals surface area contributed by atoms with E-state index < -0.39 is 12.3 Å². The molecule has 0 aromatic heterocycles. The maximum atomic E-state index is 12.1. The second-order valence-corrected chi connectivity index (χ2v) is 7.43. The van der Waals surface area contributed by atoms with Crippen LogP contribution in [-0.4, -0.2) is 49.8 Å². The van der Waals surface area contributed by atoms with E-state index >= 15 is 0 Å². The molecule has 1 atom stereocenters. The molecule has 0 bridgehead atoms. The second-order valence-electron chi connectivity index (χ2n) is 7.43. The molecule has 0 spiro atoms. The van der Waals surface area contributed by atoms with Gasteiger partial charge in [-0.1, -0.05) is 35.5 Å². The van der Waals surface area contributed by atoms with E-state index in [0.717, 1.165) is 23.5 Å². The fourth-order valence-corrected chi connectivity index (χ4v) is 3.55. The SMILES string of the molecule is CCN1c2ccc(/C=C/C(=O)C(=N)CN=O)cc2NC1CCNC(=O)COc1ccccc1. The number of nitroso groups, excluding NO2 is 1. The van der Waals surface area contributed by atoms with Gasteiger partial charge >= 0.3 is 0 Å². The predicted molar refractivity (Wildman–Crippen MR) is 129 cm³/mol. The zero-order valence-electron chi connectivity index (χ0n) is 18.4. The molecule has 1 amide bonds. The third-order valence-electron chi connectivity index (χ3n) is 5.17. The highest BCUT2D eigenvalue weighted by Crippen LogP contribution is 2.36. The largest absolute Gasteiger partial charge is 0.484 e. The first kappa shape index (κ1) is 23.6. The lowest BCUT2D eigenvalue weighted by molar-refractivity contribution is -0.123. The normalized spacial score (nSPS) is 14.5. The topological polar surface area (TPSA) is 124 Å². The first-order valence-electron chi connectivity index (χ1n) is 10.7. The van der Waals surface area contributed by atoms with Crippen LogP contribution in [0.25, 0.3) is 6.08 Å². The van der Waals surface area contributed by atoms with Gasteiger partial charge < -0.3 is 20.3 Å². The standard InChI is InChI=1S/C24H27N5O4/c1-2-29-21-10-8-17(9-11-22(30)19(25)15-27-32)14-20(21)28-23(29)12-13-26-24(31)16-33-18-6-4-3-5-7-18/h3-11,14,23,25,28H,2,12-13,15-16H2,1H3,(H,26,31)/b11-9+,25-19?. The highest BCUT2D eigenvalue weighted by molar-refractivity contribution is 6.44. The van der Waals surface area contributed by atoms with Crippen LogP contribution in [0.5, 0.6) is 5.75 Å². The van der Waals surface area contributed by atoms with Gasteiger partial charge in [0.1, 0.15) is 24.2 Å². The lowest BCUT2D eigenvalue weighted by Gasteiger charge is -2.25. The number of rotatable bonds is 12. The lowest BCUT2D eigenvalue weighted by Crippen LogP contribution is -2.39. The zero-order chi connectivity index (χ0) is 23.6. The fraction of sp³-hybridized carbons (Fsp3) is 0.292. The van der Waals surface area contributed by atoms with Crippen molar-refractivity contribution in [3.8, 4) is 5.75 Å². The molecule has 1 aliphatic rings. The van der Waals surface area contributed by atoms with E-state index in [2.05, 4.69) is 27.6 Å². The van der Waals surface area contributed by atoms with Gasteiger partial charge in [0.05, 0.1) is 11.4 Å². The molecule has 0 aliphatic carbocycles. The van der Waals surface area contributed by atoms with Gasteiger partial charge in [0.25, 0.3) is 5.91 Å². The highest BCUT2D eigenvalue weighted by Gasteiger charge is 2.27. The molecule has 0 saturated carbocycles. The van der Waals surface area contributed by atoms with E-state index in [1.807, 2.05) is 36.4 Å². The fourth-order valence-electron chi connectivity index (χ4n) is 3.55. The highest BCUT2D eigenvalue weighted by atomic mass is 16.5. The van der Waals surface area contributed by atoms with Crippen molar-refractivity contribution in [3.63, 3.8) is 0 Å². The van der Waals surface area contributed by atoms with Crippen LogP contribution in [-0.2, 0) is 9.59 Å². The molecule has 1 unspecified atom stereocenters. The Balaban J connectivity index is 1.51. The first-order chi connectivity index (χ1) is 16.0. The number of nitrogens with zero attached hydrogens (tertiary/aromatic N) is 2. The van der Waals surface area contributed by atoms with Crippen molar-refractivity contribution in [1.82, 2.24) is 5.32 Å². The summed E-state index contributed by atoms with van der Waals surface area (Å²) in [6.45, 7) is 2.88. The van der Waals surface area contributed by atoms with E-state index in [-0.39, 0.29) is 24.4 Å². The van der Waals surface area contributed by atoms with Gasteiger partial charge in [-0.2, -0.15) is 4.91 Å². The number of ketones is 1. The third-order valence-corrected chi connectivity index (χ3v) is 5.17. The van der Waals surface area contributed by atoms with Crippen molar-refractivity contribution >= 4 is 34.9 Å². The number of hydrogen-bond donors (Lipinski definition) is 3. The average Bonchev–Trinajstić information content (AvgIpc) is 3.18. The molecule has 2 aromatic rings. The number of amides is 1. The summed E-state index contributed by atoms with van der Waals surface area (Å²) in [5, 5.41) is 16.4. The molecule has 9 nitrogen and oxygen atoms in total. The van der Waals surface area contributed by atoms with Crippen molar-refractivity contribution in [1.29, 1.82) is 5.41 Å². The molecule has 0 fully saturated rings. The van der Waals surface area contributed by atoms with Gasteiger partial charge in [-0.3, -0.25) is 15.0 Å². The third kappa shape index (κ3) is 6.49. The number of carbonyl (C=O) groups is 2. The molecule has 33 heavy (non-hydrogen) atoms. The van der Waals surface area contributed by atoms with Gasteiger partial charge in [0.15, 0.2) is 6.61 Å². The minimum atomic E-state index is -0.539. The number of ether oxygens (including phenoxy) is 1. The van der Waals surface area contributed by atoms with Crippen molar-refractivity contribution in [3.05, 3.63) is 65.1 Å².